The van der Waals surface area contributed by atoms with E-state index < -0.39 is 11.6 Å². The van der Waals surface area contributed by atoms with E-state index in [0.29, 0.717) is 33.7 Å². The molecule has 0 saturated heterocycles. The van der Waals surface area contributed by atoms with Crippen molar-refractivity contribution >= 4 is 29.6 Å². The molecule has 1 amide bonds. The van der Waals surface area contributed by atoms with Crippen molar-refractivity contribution in [3.63, 3.8) is 0 Å². The number of dihydropyridines is 1. The highest BCUT2D eigenvalue weighted by atomic mass is 19.1. The zero-order valence-electron chi connectivity index (χ0n) is 18.1. The lowest BCUT2D eigenvalue weighted by Gasteiger charge is -2.17. The zero-order valence-corrected chi connectivity index (χ0v) is 18.1. The fraction of sp³-hybridized carbons (Fsp3) is 0.0800. The Morgan fingerprint density at radius 2 is 1.85 bits per heavy atom. The van der Waals surface area contributed by atoms with Crippen molar-refractivity contribution in [2.45, 2.75) is 6.92 Å². The first-order valence-corrected chi connectivity index (χ1v) is 10.0. The molecule has 2 aromatic rings. The maximum absolute atomic E-state index is 14.5. The van der Waals surface area contributed by atoms with Gasteiger partial charge in [0.05, 0.1) is 0 Å². The number of amides is 1. The van der Waals surface area contributed by atoms with Crippen molar-refractivity contribution in [1.82, 2.24) is 10.6 Å². The van der Waals surface area contributed by atoms with Crippen molar-refractivity contribution < 1.29 is 13.6 Å². The maximum Gasteiger partial charge on any atom is 0.221 e. The number of allylic oxidation sites excluding steroid dienone is 5. The third-order valence-corrected chi connectivity index (χ3v) is 4.84. The highest BCUT2D eigenvalue weighted by Crippen LogP contribution is 2.31. The first-order valence-electron chi connectivity index (χ1n) is 10.0. The van der Waals surface area contributed by atoms with Crippen molar-refractivity contribution in [2.75, 3.05) is 12.4 Å². The number of rotatable bonds is 7. The molecule has 0 aromatic heterocycles. The molecule has 2 aromatic carbocycles. The molecule has 1 heterocycles. The summed E-state index contributed by atoms with van der Waals surface area (Å²) in [6, 6.07) is 8.24. The monoisotopic (exact) mass is 447 g/mol. The number of nitrogens with one attached hydrogen (secondary N) is 5. The summed E-state index contributed by atoms with van der Waals surface area (Å²) in [5.74, 6) is -1.73. The Bertz CT molecular complexity index is 1240. The van der Waals surface area contributed by atoms with Gasteiger partial charge in [0.1, 0.15) is 11.6 Å². The van der Waals surface area contributed by atoms with Crippen LogP contribution in [0.15, 0.2) is 77.8 Å². The van der Waals surface area contributed by atoms with Gasteiger partial charge < -0.3 is 26.8 Å². The van der Waals surface area contributed by atoms with E-state index in [2.05, 4.69) is 16.0 Å². The number of anilines is 1. The minimum Gasteiger partial charge on any atom is -0.393 e. The minimum absolute atomic E-state index is 0.168. The van der Waals surface area contributed by atoms with Gasteiger partial charge in [-0.1, -0.05) is 6.08 Å². The molecule has 168 valence electrons. The smallest absolute Gasteiger partial charge is 0.221 e. The highest BCUT2D eigenvalue weighted by Gasteiger charge is 2.14. The van der Waals surface area contributed by atoms with Gasteiger partial charge in [-0.2, -0.15) is 0 Å². The van der Waals surface area contributed by atoms with Gasteiger partial charge in [0.15, 0.2) is 0 Å². The van der Waals surface area contributed by atoms with Gasteiger partial charge in [-0.3, -0.25) is 4.79 Å². The lowest BCUT2D eigenvalue weighted by Crippen LogP contribution is -2.13. The van der Waals surface area contributed by atoms with Gasteiger partial charge in [-0.25, -0.2) is 8.78 Å². The molecular weight excluding hydrogens is 424 g/mol. The van der Waals surface area contributed by atoms with Crippen molar-refractivity contribution in [2.24, 2.45) is 0 Å². The number of halogens is 2. The van der Waals surface area contributed by atoms with E-state index in [0.717, 1.165) is 23.9 Å². The molecular formula is C25H23F2N5O. The van der Waals surface area contributed by atoms with Crippen LogP contribution < -0.4 is 16.0 Å². The summed E-state index contributed by atoms with van der Waals surface area (Å²) in [4.78, 5) is 11.7. The number of carbonyl (C=O) groups excluding carboxylic acids is 1. The van der Waals surface area contributed by atoms with Crippen LogP contribution in [-0.2, 0) is 4.79 Å². The van der Waals surface area contributed by atoms with Gasteiger partial charge in [0.2, 0.25) is 5.91 Å². The first kappa shape index (κ1) is 23.3. The third-order valence-electron chi connectivity index (χ3n) is 4.84. The number of hydrogen-bond donors (Lipinski definition) is 5. The molecule has 8 heteroatoms. The number of benzene rings is 2. The van der Waals surface area contributed by atoms with E-state index in [1.54, 1.807) is 43.7 Å². The topological polar surface area (TPSA) is 101 Å². The lowest BCUT2D eigenvalue weighted by molar-refractivity contribution is -0.114. The van der Waals surface area contributed by atoms with E-state index in [9.17, 15) is 13.6 Å². The van der Waals surface area contributed by atoms with Crippen molar-refractivity contribution in [3.05, 3.63) is 95.0 Å². The summed E-state index contributed by atoms with van der Waals surface area (Å²) in [5.41, 5.74) is 4.09. The molecule has 3 rings (SSSR count). The molecule has 0 fully saturated rings. The molecule has 1 aliphatic rings. The molecule has 0 radical (unpaired) electrons. The fourth-order valence-electron chi connectivity index (χ4n) is 3.39. The average Bonchev–Trinajstić information content (AvgIpc) is 2.78. The van der Waals surface area contributed by atoms with Crippen LogP contribution in [0.4, 0.5) is 14.5 Å². The molecule has 1 aliphatic heterocycles. The van der Waals surface area contributed by atoms with Gasteiger partial charge in [-0.05, 0) is 47.5 Å². The summed E-state index contributed by atoms with van der Waals surface area (Å²) >= 11 is 0. The molecule has 0 saturated carbocycles. The molecule has 0 atom stereocenters. The van der Waals surface area contributed by atoms with E-state index in [1.807, 2.05) is 6.08 Å². The van der Waals surface area contributed by atoms with Crippen LogP contribution >= 0.6 is 0 Å². The molecule has 5 N–H and O–H groups in total. The molecule has 0 spiro atoms. The van der Waals surface area contributed by atoms with Crippen molar-refractivity contribution in [1.29, 1.82) is 10.8 Å². The predicted molar refractivity (Wildman–Crippen MR) is 128 cm³/mol. The molecule has 6 nitrogen and oxygen atoms in total. The predicted octanol–water partition coefficient (Wildman–Crippen LogP) is 4.75. The quantitative estimate of drug-likeness (QED) is 0.396. The van der Waals surface area contributed by atoms with E-state index in [1.165, 1.54) is 19.2 Å². The second kappa shape index (κ2) is 10.3. The highest BCUT2D eigenvalue weighted by molar-refractivity contribution is 6.11. The van der Waals surface area contributed by atoms with E-state index in [-0.39, 0.29) is 11.5 Å². The normalized spacial score (nSPS) is 14.7. The Balaban J connectivity index is 2.10. The Morgan fingerprint density at radius 3 is 2.42 bits per heavy atom. The SMILES string of the molecule is CN/C=C(\C=N)C1=CN/C(=C(\C=N)c2cc(NC(C)=O)cc(-c3ccc(F)cc3F)c2)C=C1. The van der Waals surface area contributed by atoms with Gasteiger partial charge in [-0.15, -0.1) is 0 Å². The van der Waals surface area contributed by atoms with Crippen LogP contribution in [0.5, 0.6) is 0 Å². The van der Waals surface area contributed by atoms with E-state index in [4.69, 9.17) is 10.8 Å². The largest absolute Gasteiger partial charge is 0.393 e. The Hall–Kier alpha value is -4.33. The van der Waals surface area contributed by atoms with E-state index >= 15 is 0 Å². The Kier molecular flexibility index (Phi) is 7.30. The summed E-state index contributed by atoms with van der Waals surface area (Å²) in [6.45, 7) is 1.36. The second-order valence-corrected chi connectivity index (χ2v) is 7.19. The number of carbonyl (C=O) groups is 1. The van der Waals surface area contributed by atoms with Crippen LogP contribution in [-0.4, -0.2) is 25.4 Å². The first-order chi connectivity index (χ1) is 15.9. The van der Waals surface area contributed by atoms with Crippen LogP contribution in [0.25, 0.3) is 16.7 Å². The number of hydrogen-bond acceptors (Lipinski definition) is 5. The summed E-state index contributed by atoms with van der Waals surface area (Å²) in [5, 5.41) is 24.2. The standard InChI is InChI=1S/C25H23F2N5O/c1-15(33)32-21-8-17(22-5-4-20(26)10-24(22)27)7-18(9-21)23(12-29)25-6-3-16(14-31-25)19(11-28)13-30-2/h3-14,28-31H,1-2H3,(H,32,33)/b19-13+,25-23+,28-11?,29-12?. The maximum atomic E-state index is 14.5. The van der Waals surface area contributed by atoms with Crippen LogP contribution in [0.2, 0.25) is 0 Å². The van der Waals surface area contributed by atoms with Crippen LogP contribution in [0.3, 0.4) is 0 Å². The van der Waals surface area contributed by atoms with Gasteiger partial charge >= 0.3 is 0 Å². The lowest BCUT2D eigenvalue weighted by atomic mass is 9.95. The van der Waals surface area contributed by atoms with Gasteiger partial charge in [0, 0.05) is 78.5 Å². The summed E-state index contributed by atoms with van der Waals surface area (Å²) < 4.78 is 27.9. The molecule has 33 heavy (non-hydrogen) atoms. The van der Waals surface area contributed by atoms with Crippen LogP contribution in [0, 0.1) is 22.5 Å². The third kappa shape index (κ3) is 5.48. The summed E-state index contributed by atoms with van der Waals surface area (Å²) in [6.07, 6.45) is 9.36. The molecule has 0 bridgehead atoms. The van der Waals surface area contributed by atoms with Gasteiger partial charge in [0.25, 0.3) is 0 Å². The zero-order chi connectivity index (χ0) is 24.0. The molecule has 0 aliphatic carbocycles. The fourth-order valence-corrected chi connectivity index (χ4v) is 3.39. The Labute approximate surface area is 190 Å². The Morgan fingerprint density at radius 1 is 1.06 bits per heavy atom. The molecule has 0 unspecified atom stereocenters. The average molecular weight is 447 g/mol. The van der Waals surface area contributed by atoms with Crippen molar-refractivity contribution in [3.8, 4) is 11.1 Å². The minimum atomic E-state index is -0.733. The summed E-state index contributed by atoms with van der Waals surface area (Å²) in [7, 11) is 1.74. The van der Waals surface area contributed by atoms with Crippen LogP contribution in [0.1, 0.15) is 12.5 Å². The second-order valence-electron chi connectivity index (χ2n) is 7.19.